The summed E-state index contributed by atoms with van der Waals surface area (Å²) in [6.07, 6.45) is 0. The molecule has 1 amide bonds. The van der Waals surface area contributed by atoms with E-state index in [2.05, 4.69) is 24.4 Å². The van der Waals surface area contributed by atoms with Crippen molar-refractivity contribution >= 4 is 34.8 Å². The van der Waals surface area contributed by atoms with Crippen molar-refractivity contribution in [1.29, 1.82) is 0 Å². The van der Waals surface area contributed by atoms with Gasteiger partial charge in [-0.15, -0.1) is 0 Å². The second-order valence-corrected chi connectivity index (χ2v) is 6.63. The van der Waals surface area contributed by atoms with Crippen molar-refractivity contribution in [2.45, 2.75) is 26.4 Å². The van der Waals surface area contributed by atoms with Crippen molar-refractivity contribution in [2.75, 3.05) is 12.4 Å². The van der Waals surface area contributed by atoms with E-state index in [1.54, 1.807) is 18.2 Å². The Hall–Kier alpha value is -1.55. The van der Waals surface area contributed by atoms with Crippen LogP contribution in [0.1, 0.15) is 18.1 Å². The van der Waals surface area contributed by atoms with E-state index in [4.69, 9.17) is 23.2 Å². The van der Waals surface area contributed by atoms with E-state index in [-0.39, 0.29) is 11.9 Å². The fourth-order valence-electron chi connectivity index (χ4n) is 2.32. The maximum absolute atomic E-state index is 12.5. The van der Waals surface area contributed by atoms with Gasteiger partial charge in [0.1, 0.15) is 6.54 Å². The second-order valence-electron chi connectivity index (χ2n) is 5.78. The zero-order valence-corrected chi connectivity index (χ0v) is 15.0. The molecule has 0 saturated heterocycles. The molecule has 0 aromatic heterocycles. The van der Waals surface area contributed by atoms with Gasteiger partial charge in [-0.05, 0) is 37.6 Å². The minimum atomic E-state index is -0.218. The molecule has 0 spiro atoms. The third-order valence-corrected chi connectivity index (χ3v) is 4.61. The van der Waals surface area contributed by atoms with E-state index in [0.717, 1.165) is 11.4 Å². The predicted octanol–water partition coefficient (Wildman–Crippen LogP) is 3.34. The minimum absolute atomic E-state index is 0.0831. The van der Waals surface area contributed by atoms with Crippen LogP contribution in [-0.4, -0.2) is 19.0 Å². The highest BCUT2D eigenvalue weighted by molar-refractivity contribution is 6.35. The number of hydrogen-bond donors (Lipinski definition) is 2. The van der Waals surface area contributed by atoms with Crippen molar-refractivity contribution < 1.29 is 9.69 Å². The first-order chi connectivity index (χ1) is 10.9. The van der Waals surface area contributed by atoms with Crippen LogP contribution in [0.3, 0.4) is 0 Å². The first-order valence-electron chi connectivity index (χ1n) is 7.51. The van der Waals surface area contributed by atoms with Crippen LogP contribution in [0.2, 0.25) is 10.0 Å². The number of carbonyl (C=O) groups excluding carboxylic acids is 1. The van der Waals surface area contributed by atoms with Crippen molar-refractivity contribution in [1.82, 2.24) is 0 Å². The molecule has 1 unspecified atom stereocenters. The second kappa shape index (κ2) is 7.82. The molecule has 5 heteroatoms. The van der Waals surface area contributed by atoms with Crippen LogP contribution in [0.15, 0.2) is 42.5 Å². The highest BCUT2D eigenvalue weighted by Gasteiger charge is 2.23. The number of halogens is 2. The Morgan fingerprint density at radius 1 is 1.22 bits per heavy atom. The van der Waals surface area contributed by atoms with Gasteiger partial charge in [0.15, 0.2) is 6.04 Å². The zero-order chi connectivity index (χ0) is 17.0. The monoisotopic (exact) mass is 351 g/mol. The molecule has 0 fully saturated rings. The summed E-state index contributed by atoms with van der Waals surface area (Å²) in [6.45, 7) is 4.77. The standard InChI is InChI=1S/C18H20Cl2N2O/c1-12-6-4-5-7-14(12)11-22(3)13(2)18(23)21-17-10-15(19)8-9-16(17)20/h4-10,13H,11H2,1-3H3,(H,21,23)/p+1/t13-/m0/s1. The number of likely N-dealkylation sites (N-methyl/N-ethyl adjacent to an activating group) is 1. The molecule has 0 saturated carbocycles. The van der Waals surface area contributed by atoms with E-state index in [1.165, 1.54) is 11.1 Å². The van der Waals surface area contributed by atoms with Gasteiger partial charge in [0.05, 0.1) is 17.8 Å². The van der Waals surface area contributed by atoms with Crippen molar-refractivity contribution in [3.05, 3.63) is 63.6 Å². The summed E-state index contributed by atoms with van der Waals surface area (Å²) in [6, 6.07) is 13.0. The lowest BCUT2D eigenvalue weighted by Crippen LogP contribution is -3.12. The van der Waals surface area contributed by atoms with Crippen LogP contribution in [0.5, 0.6) is 0 Å². The van der Waals surface area contributed by atoms with E-state index in [0.29, 0.717) is 15.7 Å². The number of amides is 1. The number of carbonyl (C=O) groups is 1. The molecule has 23 heavy (non-hydrogen) atoms. The third kappa shape index (κ3) is 4.71. The highest BCUT2D eigenvalue weighted by Crippen LogP contribution is 2.25. The van der Waals surface area contributed by atoms with Crippen LogP contribution in [0.4, 0.5) is 5.69 Å². The fourth-order valence-corrected chi connectivity index (χ4v) is 2.66. The minimum Gasteiger partial charge on any atom is -0.324 e. The van der Waals surface area contributed by atoms with Crippen LogP contribution < -0.4 is 10.2 Å². The van der Waals surface area contributed by atoms with Gasteiger partial charge in [0.25, 0.3) is 5.91 Å². The normalized spacial score (nSPS) is 13.4. The fraction of sp³-hybridized carbons (Fsp3) is 0.278. The molecule has 0 aliphatic rings. The lowest BCUT2D eigenvalue weighted by molar-refractivity contribution is -0.907. The maximum Gasteiger partial charge on any atom is 0.282 e. The molecular formula is C18H21Cl2N2O+. The number of anilines is 1. The molecule has 2 rings (SSSR count). The molecule has 2 atom stereocenters. The molecule has 0 bridgehead atoms. The zero-order valence-electron chi connectivity index (χ0n) is 13.5. The Labute approximate surface area is 147 Å². The van der Waals surface area contributed by atoms with E-state index in [1.807, 2.05) is 26.1 Å². The first-order valence-corrected chi connectivity index (χ1v) is 8.27. The molecule has 0 radical (unpaired) electrons. The van der Waals surface area contributed by atoms with E-state index in [9.17, 15) is 4.79 Å². The lowest BCUT2D eigenvalue weighted by atomic mass is 10.1. The lowest BCUT2D eigenvalue weighted by Gasteiger charge is -2.22. The van der Waals surface area contributed by atoms with Crippen LogP contribution in [0.25, 0.3) is 0 Å². The van der Waals surface area contributed by atoms with Crippen LogP contribution in [-0.2, 0) is 11.3 Å². The SMILES string of the molecule is Cc1ccccc1C[NH+](C)[C@@H](C)C(=O)Nc1cc(Cl)ccc1Cl. The molecule has 0 aliphatic heterocycles. The summed E-state index contributed by atoms with van der Waals surface area (Å²) < 4.78 is 0. The molecule has 2 aromatic rings. The Kier molecular flexibility index (Phi) is 6.05. The van der Waals surface area contributed by atoms with Crippen molar-refractivity contribution in [3.8, 4) is 0 Å². The largest absolute Gasteiger partial charge is 0.324 e. The summed E-state index contributed by atoms with van der Waals surface area (Å²) >= 11 is 12.0. The Bertz CT molecular complexity index is 703. The average Bonchev–Trinajstić information content (AvgIpc) is 2.52. The average molecular weight is 352 g/mol. The van der Waals surface area contributed by atoms with Gasteiger partial charge in [-0.3, -0.25) is 4.79 Å². The maximum atomic E-state index is 12.5. The van der Waals surface area contributed by atoms with Gasteiger partial charge in [-0.2, -0.15) is 0 Å². The predicted molar refractivity (Wildman–Crippen MR) is 96.3 cm³/mol. The highest BCUT2D eigenvalue weighted by atomic mass is 35.5. The van der Waals surface area contributed by atoms with Gasteiger partial charge in [0.2, 0.25) is 0 Å². The summed E-state index contributed by atoms with van der Waals surface area (Å²) in [5.74, 6) is -0.0831. The molecular weight excluding hydrogens is 331 g/mol. The Morgan fingerprint density at radius 3 is 2.61 bits per heavy atom. The molecule has 2 aromatic carbocycles. The van der Waals surface area contributed by atoms with E-state index < -0.39 is 0 Å². The van der Waals surface area contributed by atoms with E-state index >= 15 is 0 Å². The summed E-state index contributed by atoms with van der Waals surface area (Å²) in [7, 11) is 2.01. The quantitative estimate of drug-likeness (QED) is 0.850. The smallest absolute Gasteiger partial charge is 0.282 e. The van der Waals surface area contributed by atoms with Gasteiger partial charge in [-0.1, -0.05) is 47.5 Å². The number of nitrogens with one attached hydrogen (secondary N) is 2. The van der Waals surface area contributed by atoms with Gasteiger partial charge in [0, 0.05) is 10.6 Å². The molecule has 0 heterocycles. The molecule has 2 N–H and O–H groups in total. The topological polar surface area (TPSA) is 33.5 Å². The van der Waals surface area contributed by atoms with Crippen LogP contribution in [0, 0.1) is 6.92 Å². The first kappa shape index (κ1) is 17.8. The number of aryl methyl sites for hydroxylation is 1. The Balaban J connectivity index is 2.04. The van der Waals surface area contributed by atoms with Gasteiger partial charge in [-0.25, -0.2) is 0 Å². The van der Waals surface area contributed by atoms with Crippen molar-refractivity contribution in [3.63, 3.8) is 0 Å². The van der Waals surface area contributed by atoms with Gasteiger partial charge < -0.3 is 10.2 Å². The number of hydrogen-bond acceptors (Lipinski definition) is 1. The molecule has 3 nitrogen and oxygen atoms in total. The molecule has 0 aliphatic carbocycles. The summed E-state index contributed by atoms with van der Waals surface area (Å²) in [5.41, 5.74) is 3.02. The number of benzene rings is 2. The Morgan fingerprint density at radius 2 is 1.91 bits per heavy atom. The third-order valence-electron chi connectivity index (χ3n) is 4.05. The van der Waals surface area contributed by atoms with Crippen molar-refractivity contribution in [2.24, 2.45) is 0 Å². The number of rotatable bonds is 5. The number of quaternary nitrogens is 1. The van der Waals surface area contributed by atoms with Gasteiger partial charge >= 0.3 is 0 Å². The van der Waals surface area contributed by atoms with Crippen LogP contribution >= 0.6 is 23.2 Å². The summed E-state index contributed by atoms with van der Waals surface area (Å²) in [4.78, 5) is 13.6. The summed E-state index contributed by atoms with van der Waals surface area (Å²) in [5, 5.41) is 3.87. The molecule has 122 valence electrons.